The summed E-state index contributed by atoms with van der Waals surface area (Å²) in [6.45, 7) is 23.4. The molecule has 1 heterocycles. The van der Waals surface area contributed by atoms with Crippen LogP contribution in [0.3, 0.4) is 0 Å². The lowest BCUT2D eigenvalue weighted by Gasteiger charge is -2.43. The number of amides is 3. The first kappa shape index (κ1) is 32.2. The lowest BCUT2D eigenvalue weighted by molar-refractivity contribution is -0.140. The molecule has 0 radical (unpaired) electrons. The van der Waals surface area contributed by atoms with E-state index >= 15 is 0 Å². The van der Waals surface area contributed by atoms with Crippen molar-refractivity contribution in [3.8, 4) is 0 Å². The molecule has 1 aliphatic rings. The van der Waals surface area contributed by atoms with E-state index in [2.05, 4.69) is 78.4 Å². The maximum Gasteiger partial charge on any atom is 0.245 e. The van der Waals surface area contributed by atoms with Crippen LogP contribution in [0.5, 0.6) is 0 Å². The van der Waals surface area contributed by atoms with Gasteiger partial charge < -0.3 is 24.4 Å². The third-order valence-corrected chi connectivity index (χ3v) is 17.2. The Kier molecular flexibility index (Phi) is 10.2. The summed E-state index contributed by atoms with van der Waals surface area (Å²) in [5.41, 5.74) is 0.964. The van der Waals surface area contributed by atoms with E-state index < -0.39 is 34.9 Å². The number of carbonyl (C=O) groups excluding carboxylic acids is 3. The van der Waals surface area contributed by atoms with Gasteiger partial charge in [-0.1, -0.05) is 71.9 Å². The van der Waals surface area contributed by atoms with Crippen LogP contribution >= 0.6 is 0 Å². The molecule has 8 nitrogen and oxygen atoms in total. The molecule has 1 aromatic rings. The molecule has 0 saturated carbocycles. The van der Waals surface area contributed by atoms with Crippen LogP contribution in [0.4, 0.5) is 0 Å². The number of benzene rings is 1. The van der Waals surface area contributed by atoms with Gasteiger partial charge in [-0.2, -0.15) is 0 Å². The Balaban J connectivity index is 2.50. The second-order valence-electron chi connectivity index (χ2n) is 13.4. The minimum Gasteiger partial charge on any atom is -0.409 e. The summed E-state index contributed by atoms with van der Waals surface area (Å²) in [6.07, 6.45) is -1.08. The lowest BCUT2D eigenvalue weighted by Crippen LogP contribution is -2.57. The summed E-state index contributed by atoms with van der Waals surface area (Å²) in [7, 11) is -4.63. The van der Waals surface area contributed by atoms with Gasteiger partial charge in [0.1, 0.15) is 12.1 Å². The SMILES string of the molecule is CC(=O)NCC(=O)N1C[C@H](O[Si](C)(C)C(C)(C)C)[C@@H](O[Si](C)(C)C(C)(C)C)[C@@H]1C(=O)NCc1ccccc1. The van der Waals surface area contributed by atoms with E-state index in [-0.39, 0.29) is 40.9 Å². The second kappa shape index (κ2) is 12.0. The second-order valence-corrected chi connectivity index (χ2v) is 22.9. The van der Waals surface area contributed by atoms with Crippen LogP contribution < -0.4 is 10.6 Å². The fourth-order valence-electron chi connectivity index (χ4n) is 3.85. The first-order valence-corrected chi connectivity index (χ1v) is 19.3. The van der Waals surface area contributed by atoms with Crippen LogP contribution in [-0.2, 0) is 29.8 Å². The highest BCUT2D eigenvalue weighted by molar-refractivity contribution is 6.74. The molecule has 1 aliphatic heterocycles. The first-order chi connectivity index (χ1) is 17.3. The van der Waals surface area contributed by atoms with Crippen molar-refractivity contribution in [3.05, 3.63) is 35.9 Å². The van der Waals surface area contributed by atoms with E-state index in [4.69, 9.17) is 8.85 Å². The van der Waals surface area contributed by atoms with E-state index in [0.717, 1.165) is 5.56 Å². The molecule has 3 amide bonds. The highest BCUT2D eigenvalue weighted by Crippen LogP contribution is 2.43. The Morgan fingerprint density at radius 1 is 0.895 bits per heavy atom. The zero-order chi connectivity index (χ0) is 29.1. The summed E-state index contributed by atoms with van der Waals surface area (Å²) >= 11 is 0. The Hall–Kier alpha value is -2.02. The van der Waals surface area contributed by atoms with Gasteiger partial charge >= 0.3 is 0 Å². The zero-order valence-corrected chi connectivity index (χ0v) is 27.2. The van der Waals surface area contributed by atoms with Gasteiger partial charge in [-0.25, -0.2) is 0 Å². The smallest absolute Gasteiger partial charge is 0.245 e. The van der Waals surface area contributed by atoms with Crippen LogP contribution in [0.15, 0.2) is 30.3 Å². The standard InChI is InChI=1S/C28H49N3O5Si2/c1-20(32)29-18-23(33)31-19-22(35-37(8,9)27(2,3)4)25(36-38(10,11)28(5,6)7)24(31)26(34)30-17-21-15-13-12-14-16-21/h12-16,22,24-25H,17-19H2,1-11H3,(H,29,32)(H,30,34)/t22-,24+,25+/m0/s1. The van der Waals surface area contributed by atoms with Crippen molar-refractivity contribution < 1.29 is 23.2 Å². The molecule has 0 aromatic heterocycles. The number of nitrogens with one attached hydrogen (secondary N) is 2. The molecular weight excluding hydrogens is 514 g/mol. The molecule has 1 fully saturated rings. The van der Waals surface area contributed by atoms with Gasteiger partial charge in [0.05, 0.1) is 12.6 Å². The number of hydrogen-bond donors (Lipinski definition) is 2. The van der Waals surface area contributed by atoms with Crippen LogP contribution in [0.2, 0.25) is 36.3 Å². The molecule has 3 atom stereocenters. The Morgan fingerprint density at radius 2 is 1.42 bits per heavy atom. The predicted octanol–water partition coefficient (Wildman–Crippen LogP) is 4.43. The topological polar surface area (TPSA) is 97.0 Å². The van der Waals surface area contributed by atoms with Crippen molar-refractivity contribution in [1.82, 2.24) is 15.5 Å². The van der Waals surface area contributed by atoms with Crippen LogP contribution in [-0.4, -0.2) is 70.6 Å². The highest BCUT2D eigenvalue weighted by Gasteiger charge is 2.54. The fourth-order valence-corrected chi connectivity index (χ4v) is 6.48. The molecular formula is C28H49N3O5Si2. The normalized spacial score (nSPS) is 20.8. The molecule has 0 aliphatic carbocycles. The van der Waals surface area contributed by atoms with E-state index in [1.807, 2.05) is 30.3 Å². The number of nitrogens with zero attached hydrogens (tertiary/aromatic N) is 1. The Bertz CT molecular complexity index is 986. The molecule has 2 rings (SSSR count). The van der Waals surface area contributed by atoms with E-state index in [9.17, 15) is 14.4 Å². The number of carbonyl (C=O) groups is 3. The molecule has 0 unspecified atom stereocenters. The van der Waals surface area contributed by atoms with Gasteiger partial charge in [0, 0.05) is 20.0 Å². The van der Waals surface area contributed by atoms with Crippen molar-refractivity contribution in [2.45, 2.75) is 110 Å². The summed E-state index contributed by atoms with van der Waals surface area (Å²) in [5.74, 6) is -0.911. The third-order valence-electron chi connectivity index (χ3n) is 8.27. The maximum absolute atomic E-state index is 13.8. The van der Waals surface area contributed by atoms with Crippen molar-refractivity contribution in [3.63, 3.8) is 0 Å². The average molecular weight is 564 g/mol. The molecule has 2 N–H and O–H groups in total. The van der Waals surface area contributed by atoms with Gasteiger partial charge in [0.25, 0.3) is 0 Å². The molecule has 1 saturated heterocycles. The van der Waals surface area contributed by atoms with Gasteiger partial charge in [-0.3, -0.25) is 14.4 Å². The molecule has 10 heteroatoms. The van der Waals surface area contributed by atoms with Crippen molar-refractivity contribution in [2.24, 2.45) is 0 Å². The van der Waals surface area contributed by atoms with E-state index in [1.165, 1.54) is 6.92 Å². The minimum absolute atomic E-state index is 0.0623. The van der Waals surface area contributed by atoms with Crippen LogP contribution in [0.1, 0.15) is 54.0 Å². The number of likely N-dealkylation sites (tertiary alicyclic amines) is 1. The first-order valence-electron chi connectivity index (χ1n) is 13.5. The third kappa shape index (κ3) is 8.00. The molecule has 214 valence electrons. The van der Waals surface area contributed by atoms with Gasteiger partial charge in [-0.05, 0) is 41.8 Å². The average Bonchev–Trinajstić information content (AvgIpc) is 3.11. The maximum atomic E-state index is 13.8. The van der Waals surface area contributed by atoms with E-state index in [0.29, 0.717) is 6.54 Å². The summed E-state index contributed by atoms with van der Waals surface area (Å²) in [4.78, 5) is 40.3. The molecule has 0 spiro atoms. The number of rotatable bonds is 9. The van der Waals surface area contributed by atoms with Gasteiger partial charge in [-0.15, -0.1) is 0 Å². The predicted molar refractivity (Wildman–Crippen MR) is 157 cm³/mol. The fraction of sp³-hybridized carbons (Fsp3) is 0.679. The minimum atomic E-state index is -2.36. The summed E-state index contributed by atoms with van der Waals surface area (Å²) < 4.78 is 13.8. The molecule has 0 bridgehead atoms. The molecule has 38 heavy (non-hydrogen) atoms. The summed E-state index contributed by atoms with van der Waals surface area (Å²) in [5, 5.41) is 5.45. The monoisotopic (exact) mass is 563 g/mol. The quantitative estimate of drug-likeness (QED) is 0.433. The molecule has 1 aromatic carbocycles. The van der Waals surface area contributed by atoms with E-state index in [1.54, 1.807) is 4.90 Å². The van der Waals surface area contributed by atoms with Crippen molar-refractivity contribution in [1.29, 1.82) is 0 Å². The van der Waals surface area contributed by atoms with Crippen LogP contribution in [0, 0.1) is 0 Å². The van der Waals surface area contributed by atoms with Crippen molar-refractivity contribution in [2.75, 3.05) is 13.1 Å². The highest BCUT2D eigenvalue weighted by atomic mass is 28.4. The summed E-state index contributed by atoms with van der Waals surface area (Å²) in [6, 6.07) is 8.79. The largest absolute Gasteiger partial charge is 0.409 e. The zero-order valence-electron chi connectivity index (χ0n) is 25.2. The lowest BCUT2D eigenvalue weighted by atomic mass is 10.1. The Labute approximate surface area is 231 Å². The van der Waals surface area contributed by atoms with Crippen LogP contribution in [0.25, 0.3) is 0 Å². The van der Waals surface area contributed by atoms with Gasteiger partial charge in [0.2, 0.25) is 17.7 Å². The van der Waals surface area contributed by atoms with Crippen molar-refractivity contribution >= 4 is 34.4 Å². The number of hydrogen-bond acceptors (Lipinski definition) is 5. The van der Waals surface area contributed by atoms with Gasteiger partial charge in [0.15, 0.2) is 16.6 Å². The Morgan fingerprint density at radius 3 is 1.92 bits per heavy atom.